The lowest BCUT2D eigenvalue weighted by Crippen LogP contribution is -2.23. The van der Waals surface area contributed by atoms with Crippen molar-refractivity contribution in [1.82, 2.24) is 15.2 Å². The number of nitrogens with one attached hydrogen (secondary N) is 1. The van der Waals surface area contributed by atoms with Crippen LogP contribution in [-0.2, 0) is 4.79 Å². The Bertz CT molecular complexity index is 896. The van der Waals surface area contributed by atoms with Crippen molar-refractivity contribution in [1.29, 1.82) is 0 Å². The zero-order valence-electron chi connectivity index (χ0n) is 14.2. The molecule has 26 heavy (non-hydrogen) atoms. The Labute approximate surface area is 149 Å². The predicted molar refractivity (Wildman–Crippen MR) is 94.5 cm³/mol. The van der Waals surface area contributed by atoms with Gasteiger partial charge < -0.3 is 0 Å². The molecular weight excluding hydrogens is 338 g/mol. The highest BCUT2D eigenvalue weighted by Gasteiger charge is 2.23. The molecule has 0 bridgehead atoms. The van der Waals surface area contributed by atoms with Crippen LogP contribution in [0.25, 0.3) is 11.3 Å². The number of aromatic nitrogens is 3. The summed E-state index contributed by atoms with van der Waals surface area (Å²) in [6, 6.07) is 9.52. The van der Waals surface area contributed by atoms with Gasteiger partial charge in [-0.05, 0) is 43.2 Å². The van der Waals surface area contributed by atoms with Crippen molar-refractivity contribution in [3.8, 4) is 11.3 Å². The van der Waals surface area contributed by atoms with E-state index in [-0.39, 0.29) is 5.91 Å². The molecule has 0 unspecified atom stereocenters. The van der Waals surface area contributed by atoms with Crippen molar-refractivity contribution in [2.24, 2.45) is 0 Å². The van der Waals surface area contributed by atoms with E-state index in [4.69, 9.17) is 0 Å². The van der Waals surface area contributed by atoms with Crippen molar-refractivity contribution in [2.75, 3.05) is 11.4 Å². The molecule has 3 aromatic rings. The molecule has 3 heterocycles. The maximum absolute atomic E-state index is 12.2. The lowest BCUT2D eigenvalue weighted by Gasteiger charge is -2.10. The summed E-state index contributed by atoms with van der Waals surface area (Å²) in [6.45, 7) is 2.47. The van der Waals surface area contributed by atoms with Crippen LogP contribution >= 0.6 is 0 Å². The van der Waals surface area contributed by atoms with E-state index in [0.29, 0.717) is 12.2 Å². The second kappa shape index (κ2) is 7.86. The molecule has 4 rings (SSSR count). The van der Waals surface area contributed by atoms with Crippen LogP contribution in [0.5, 0.6) is 0 Å². The molecule has 1 aliphatic rings. The van der Waals surface area contributed by atoms with Gasteiger partial charge in [0.05, 0.1) is 5.69 Å². The molecule has 0 radical (unpaired) electrons. The minimum Gasteiger partial charge on any atom is -0.295 e. The average molecular weight is 356 g/mol. The average Bonchev–Trinajstić information content (AvgIpc) is 3.28. The van der Waals surface area contributed by atoms with Gasteiger partial charge in [-0.25, -0.2) is 8.78 Å². The second-order valence-electron chi connectivity index (χ2n) is 5.94. The van der Waals surface area contributed by atoms with E-state index < -0.39 is 11.6 Å². The number of aromatic amines is 1. The van der Waals surface area contributed by atoms with Crippen LogP contribution in [0.3, 0.4) is 0 Å². The number of carbonyl (C=O) groups excluding carboxylic acids is 1. The minimum atomic E-state index is -0.791. The maximum atomic E-state index is 12.2. The molecule has 1 amide bonds. The fourth-order valence-corrected chi connectivity index (χ4v) is 2.62. The van der Waals surface area contributed by atoms with E-state index in [9.17, 15) is 13.6 Å². The Morgan fingerprint density at radius 2 is 1.85 bits per heavy atom. The van der Waals surface area contributed by atoms with Crippen molar-refractivity contribution in [3.05, 3.63) is 66.0 Å². The molecule has 1 N–H and O–H groups in total. The molecule has 1 saturated heterocycles. The van der Waals surface area contributed by atoms with Crippen molar-refractivity contribution in [2.45, 2.75) is 19.8 Å². The molecule has 1 aromatic carbocycles. The minimum absolute atomic E-state index is 0.151. The van der Waals surface area contributed by atoms with E-state index in [1.54, 1.807) is 24.2 Å². The fraction of sp³-hybridized carbons (Fsp3) is 0.211. The Kier molecular flexibility index (Phi) is 5.36. The third kappa shape index (κ3) is 4.11. The van der Waals surface area contributed by atoms with Crippen LogP contribution in [0.15, 0.2) is 48.8 Å². The first-order chi connectivity index (χ1) is 12.5. The highest BCUT2D eigenvalue weighted by molar-refractivity contribution is 5.94. The SMILES string of the molecule is Cc1ccc(F)c(F)c1.O=C1CCCN1c1cc(-c2ccncc2)[nH]n1. The first-order valence-electron chi connectivity index (χ1n) is 8.22. The summed E-state index contributed by atoms with van der Waals surface area (Å²) in [4.78, 5) is 17.3. The van der Waals surface area contributed by atoms with Crippen LogP contribution in [-0.4, -0.2) is 27.6 Å². The molecule has 7 heteroatoms. The molecular formula is C19H18F2N4O. The standard InChI is InChI=1S/C12H12N4O.C7H6F2/c17-12-2-1-7-16(12)11-8-10(14-15-11)9-3-5-13-6-4-9;1-5-2-3-6(8)7(9)4-5/h3-6,8H,1-2,7H2,(H,14,15);2-4H,1H3. The zero-order valence-corrected chi connectivity index (χ0v) is 14.2. The van der Waals surface area contributed by atoms with E-state index >= 15 is 0 Å². The quantitative estimate of drug-likeness (QED) is 0.758. The number of hydrogen-bond donors (Lipinski definition) is 1. The summed E-state index contributed by atoms with van der Waals surface area (Å²) >= 11 is 0. The number of halogens is 2. The molecule has 0 atom stereocenters. The number of hydrogen-bond acceptors (Lipinski definition) is 3. The smallest absolute Gasteiger partial charge is 0.228 e. The van der Waals surface area contributed by atoms with Crippen LogP contribution in [0.1, 0.15) is 18.4 Å². The van der Waals surface area contributed by atoms with E-state index in [1.165, 1.54) is 6.07 Å². The molecule has 134 valence electrons. The number of pyridine rings is 1. The van der Waals surface area contributed by atoms with E-state index in [0.717, 1.165) is 41.9 Å². The summed E-state index contributed by atoms with van der Waals surface area (Å²) < 4.78 is 24.3. The third-order valence-corrected chi connectivity index (χ3v) is 3.98. The first-order valence-corrected chi connectivity index (χ1v) is 8.22. The van der Waals surface area contributed by atoms with Gasteiger partial charge in [0.25, 0.3) is 0 Å². The number of rotatable bonds is 2. The highest BCUT2D eigenvalue weighted by Crippen LogP contribution is 2.24. The molecule has 1 aliphatic heterocycles. The van der Waals surface area contributed by atoms with Crippen molar-refractivity contribution in [3.63, 3.8) is 0 Å². The van der Waals surface area contributed by atoms with E-state index in [2.05, 4.69) is 15.2 Å². The van der Waals surface area contributed by atoms with E-state index in [1.807, 2.05) is 18.2 Å². The monoisotopic (exact) mass is 356 g/mol. The van der Waals surface area contributed by atoms with Crippen LogP contribution in [0, 0.1) is 18.6 Å². The van der Waals surface area contributed by atoms with Crippen molar-refractivity contribution < 1.29 is 13.6 Å². The molecule has 2 aromatic heterocycles. The van der Waals surface area contributed by atoms with Gasteiger partial charge in [-0.3, -0.25) is 19.8 Å². The summed E-state index contributed by atoms with van der Waals surface area (Å²) in [7, 11) is 0. The second-order valence-corrected chi connectivity index (χ2v) is 5.94. The highest BCUT2D eigenvalue weighted by atomic mass is 19.2. The van der Waals surface area contributed by atoms with Crippen LogP contribution in [0.4, 0.5) is 14.6 Å². The van der Waals surface area contributed by atoms with Gasteiger partial charge in [0, 0.05) is 37.0 Å². The summed E-state index contributed by atoms with van der Waals surface area (Å²) in [5.41, 5.74) is 2.65. The Morgan fingerprint density at radius 1 is 1.08 bits per heavy atom. The Morgan fingerprint density at radius 3 is 2.46 bits per heavy atom. The summed E-state index contributed by atoms with van der Waals surface area (Å²) in [5, 5.41) is 7.13. The molecule has 5 nitrogen and oxygen atoms in total. The Balaban J connectivity index is 0.000000185. The number of amides is 1. The van der Waals surface area contributed by atoms with Crippen LogP contribution < -0.4 is 4.90 Å². The molecule has 1 fully saturated rings. The molecule has 0 saturated carbocycles. The maximum Gasteiger partial charge on any atom is 0.228 e. The fourth-order valence-electron chi connectivity index (χ4n) is 2.62. The lowest BCUT2D eigenvalue weighted by atomic mass is 10.2. The van der Waals surface area contributed by atoms with Gasteiger partial charge in [0.1, 0.15) is 0 Å². The van der Waals surface area contributed by atoms with Gasteiger partial charge in [0.2, 0.25) is 5.91 Å². The summed E-state index contributed by atoms with van der Waals surface area (Å²) in [6.07, 6.45) is 5.00. The number of anilines is 1. The predicted octanol–water partition coefficient (Wildman–Crippen LogP) is 3.87. The number of aryl methyl sites for hydroxylation is 1. The number of carbonyl (C=O) groups is 1. The van der Waals surface area contributed by atoms with Crippen molar-refractivity contribution >= 4 is 11.7 Å². The lowest BCUT2D eigenvalue weighted by molar-refractivity contribution is -0.117. The summed E-state index contributed by atoms with van der Waals surface area (Å²) in [5.74, 6) is -0.715. The number of nitrogens with zero attached hydrogens (tertiary/aromatic N) is 3. The number of benzene rings is 1. The topological polar surface area (TPSA) is 61.9 Å². The van der Waals surface area contributed by atoms with Gasteiger partial charge >= 0.3 is 0 Å². The van der Waals surface area contributed by atoms with Gasteiger partial charge in [-0.2, -0.15) is 5.10 Å². The number of H-pyrrole nitrogens is 1. The third-order valence-electron chi connectivity index (χ3n) is 3.98. The first kappa shape index (κ1) is 17.7. The van der Waals surface area contributed by atoms with Crippen LogP contribution in [0.2, 0.25) is 0 Å². The molecule has 0 spiro atoms. The van der Waals surface area contributed by atoms with Gasteiger partial charge in [-0.15, -0.1) is 0 Å². The molecule has 0 aliphatic carbocycles. The van der Waals surface area contributed by atoms with Gasteiger partial charge in [0.15, 0.2) is 17.5 Å². The zero-order chi connectivity index (χ0) is 18.5. The largest absolute Gasteiger partial charge is 0.295 e. The van der Waals surface area contributed by atoms with Gasteiger partial charge in [-0.1, -0.05) is 6.07 Å². The Hall–Kier alpha value is -3.09. The normalized spacial score (nSPS) is 13.5.